The summed E-state index contributed by atoms with van der Waals surface area (Å²) in [6, 6.07) is 11.8. The van der Waals surface area contributed by atoms with Crippen molar-refractivity contribution < 1.29 is 26.4 Å². The molecule has 178 valence electrons. The van der Waals surface area contributed by atoms with E-state index in [-0.39, 0.29) is 39.5 Å². The van der Waals surface area contributed by atoms with Crippen LogP contribution in [0.2, 0.25) is 14.4 Å². The highest BCUT2D eigenvalue weighted by Crippen LogP contribution is 2.37. The Kier molecular flexibility index (Phi) is 6.87. The van der Waals surface area contributed by atoms with E-state index in [4.69, 9.17) is 39.5 Å². The summed E-state index contributed by atoms with van der Waals surface area (Å²) in [7, 11) is -8.26. The molecule has 1 amide bonds. The highest BCUT2D eigenvalue weighted by Gasteiger charge is 2.27. The second-order valence-corrected chi connectivity index (χ2v) is 13.0. The largest absolute Gasteiger partial charge is 0.483 e. The molecule has 2 heterocycles. The second kappa shape index (κ2) is 9.40. The van der Waals surface area contributed by atoms with Crippen molar-refractivity contribution in [2.75, 3.05) is 6.61 Å². The first-order valence-corrected chi connectivity index (χ1v) is 14.2. The number of H-pyrrole nitrogens is 1. The molecule has 0 saturated carbocycles. The number of hydrogen-bond acceptors (Lipinski definition) is 7. The van der Waals surface area contributed by atoms with E-state index in [9.17, 15) is 21.6 Å². The summed E-state index contributed by atoms with van der Waals surface area (Å²) in [4.78, 5) is 15.0. The van der Waals surface area contributed by atoms with E-state index in [2.05, 4.69) is 4.98 Å². The Bertz CT molecular complexity index is 1610. The molecule has 0 radical (unpaired) electrons. The highest BCUT2D eigenvalue weighted by molar-refractivity contribution is 7.92. The number of sulfonamides is 1. The van der Waals surface area contributed by atoms with E-state index >= 15 is 0 Å². The van der Waals surface area contributed by atoms with Gasteiger partial charge in [0.1, 0.15) is 19.2 Å². The van der Waals surface area contributed by atoms with Crippen LogP contribution in [0.1, 0.15) is 0 Å². The molecule has 34 heavy (non-hydrogen) atoms. The Morgan fingerprint density at radius 2 is 1.71 bits per heavy atom. The zero-order valence-electron chi connectivity index (χ0n) is 16.7. The van der Waals surface area contributed by atoms with E-state index < -0.39 is 32.4 Å². The molecule has 14 heteroatoms. The fourth-order valence-electron chi connectivity index (χ4n) is 3.07. The zero-order valence-corrected chi connectivity index (χ0v) is 21.4. The maximum absolute atomic E-state index is 13.3. The molecule has 2 N–H and O–H groups in total. The number of rotatable bonds is 7. The Morgan fingerprint density at radius 1 is 0.971 bits per heavy atom. The predicted octanol–water partition coefficient (Wildman–Crippen LogP) is 4.91. The van der Waals surface area contributed by atoms with Crippen molar-refractivity contribution >= 4 is 82.8 Å². The predicted molar refractivity (Wildman–Crippen MR) is 130 cm³/mol. The lowest BCUT2D eigenvalue weighted by molar-refractivity contribution is -0.121. The lowest BCUT2D eigenvalue weighted by Gasteiger charge is -2.10. The molecule has 0 bridgehead atoms. The molecule has 4 aromatic rings. The number of amides is 1. The normalized spacial score (nSPS) is 12.1. The van der Waals surface area contributed by atoms with Crippen LogP contribution in [0.4, 0.5) is 0 Å². The number of halogens is 3. The number of ether oxygens (including phenoxy) is 1. The van der Waals surface area contributed by atoms with Crippen LogP contribution in [0.25, 0.3) is 10.9 Å². The van der Waals surface area contributed by atoms with Crippen molar-refractivity contribution in [3.63, 3.8) is 0 Å². The average Bonchev–Trinajstić information content (AvgIpc) is 3.37. The smallest absolute Gasteiger partial charge is 0.273 e. The summed E-state index contributed by atoms with van der Waals surface area (Å²) < 4.78 is 58.5. The molecule has 0 atom stereocenters. The Hall–Kier alpha value is -2.28. The van der Waals surface area contributed by atoms with Crippen LogP contribution in [0.3, 0.4) is 0 Å². The lowest BCUT2D eigenvalue weighted by Crippen LogP contribution is -2.34. The molecule has 8 nitrogen and oxygen atoms in total. The summed E-state index contributed by atoms with van der Waals surface area (Å²) in [5.74, 6) is -0.928. The Labute approximate surface area is 213 Å². The molecular weight excluding hydrogens is 567 g/mol. The second-order valence-electron chi connectivity index (χ2n) is 6.77. The average molecular weight is 580 g/mol. The van der Waals surface area contributed by atoms with Gasteiger partial charge >= 0.3 is 0 Å². The fourth-order valence-corrected chi connectivity index (χ4v) is 7.87. The van der Waals surface area contributed by atoms with Gasteiger partial charge in [-0.2, -0.15) is 0 Å². The minimum atomic E-state index is -4.22. The quantitative estimate of drug-likeness (QED) is 0.321. The van der Waals surface area contributed by atoms with Crippen molar-refractivity contribution in [1.82, 2.24) is 9.71 Å². The van der Waals surface area contributed by atoms with Crippen LogP contribution >= 0.6 is 46.1 Å². The van der Waals surface area contributed by atoms with E-state index in [1.54, 1.807) is 24.3 Å². The van der Waals surface area contributed by atoms with Gasteiger partial charge in [-0.3, -0.25) is 4.79 Å². The van der Waals surface area contributed by atoms with Gasteiger partial charge in [-0.25, -0.2) is 21.6 Å². The number of carbonyl (C=O) groups excluding carboxylic acids is 1. The number of hydrogen-bond donors (Lipinski definition) is 2. The first-order chi connectivity index (χ1) is 16.0. The number of aromatic nitrogens is 1. The van der Waals surface area contributed by atoms with Crippen LogP contribution in [0.15, 0.2) is 68.7 Å². The molecule has 0 unspecified atom stereocenters. The first kappa shape index (κ1) is 24.8. The van der Waals surface area contributed by atoms with Crippen molar-refractivity contribution in [1.29, 1.82) is 0 Å². The van der Waals surface area contributed by atoms with Crippen molar-refractivity contribution in [3.8, 4) is 5.75 Å². The van der Waals surface area contributed by atoms with Gasteiger partial charge in [0.2, 0.25) is 9.84 Å². The van der Waals surface area contributed by atoms with Crippen LogP contribution in [0.5, 0.6) is 5.75 Å². The monoisotopic (exact) mass is 578 g/mol. The third-order valence-electron chi connectivity index (χ3n) is 4.54. The van der Waals surface area contributed by atoms with E-state index in [1.807, 2.05) is 4.72 Å². The number of benzene rings is 2. The molecule has 2 aromatic heterocycles. The van der Waals surface area contributed by atoms with Crippen LogP contribution in [0, 0.1) is 0 Å². The van der Waals surface area contributed by atoms with Gasteiger partial charge in [-0.05, 0) is 30.3 Å². The number of sulfone groups is 1. The Morgan fingerprint density at radius 3 is 2.38 bits per heavy atom. The topological polar surface area (TPSA) is 122 Å². The molecular formula is C20H13Cl3N2O6S3. The maximum Gasteiger partial charge on any atom is 0.273 e. The van der Waals surface area contributed by atoms with Crippen LogP contribution in [-0.2, 0) is 24.7 Å². The molecule has 2 aromatic carbocycles. The van der Waals surface area contributed by atoms with Crippen LogP contribution in [-0.4, -0.2) is 34.3 Å². The minimum absolute atomic E-state index is 0.0436. The minimum Gasteiger partial charge on any atom is -0.483 e. The van der Waals surface area contributed by atoms with E-state index in [1.165, 1.54) is 24.4 Å². The van der Waals surface area contributed by atoms with Gasteiger partial charge in [-0.15, -0.1) is 11.3 Å². The zero-order chi connectivity index (χ0) is 24.7. The number of nitrogens with one attached hydrogen (secondary N) is 2. The summed E-state index contributed by atoms with van der Waals surface area (Å²) in [5.41, 5.74) is 0.430. The number of thiophene rings is 1. The SMILES string of the molecule is O=C(COc1cccc2[nH]cc(S(=O)(=O)c3ccccc3Cl)c12)NS(=O)(=O)c1cc(Cl)c(Cl)s1. The molecule has 0 fully saturated rings. The third kappa shape index (κ3) is 4.77. The summed E-state index contributed by atoms with van der Waals surface area (Å²) in [5, 5.41) is 0.283. The van der Waals surface area contributed by atoms with Crippen molar-refractivity contribution in [2.45, 2.75) is 14.0 Å². The lowest BCUT2D eigenvalue weighted by atomic mass is 10.2. The van der Waals surface area contributed by atoms with Gasteiger partial charge in [0.05, 0.1) is 25.8 Å². The van der Waals surface area contributed by atoms with Crippen LogP contribution < -0.4 is 9.46 Å². The summed E-state index contributed by atoms with van der Waals surface area (Å²) >= 11 is 18.4. The molecule has 0 aliphatic heterocycles. The van der Waals surface area contributed by atoms with Crippen molar-refractivity contribution in [2.24, 2.45) is 0 Å². The van der Waals surface area contributed by atoms with Gasteiger partial charge in [0.25, 0.3) is 15.9 Å². The van der Waals surface area contributed by atoms with E-state index in [0.29, 0.717) is 16.9 Å². The van der Waals surface area contributed by atoms with Gasteiger partial charge in [0, 0.05) is 6.20 Å². The summed E-state index contributed by atoms with van der Waals surface area (Å²) in [6.07, 6.45) is 1.30. The van der Waals surface area contributed by atoms with Gasteiger partial charge in [-0.1, -0.05) is 53.0 Å². The summed E-state index contributed by atoms with van der Waals surface area (Å²) in [6.45, 7) is -0.706. The Balaban J connectivity index is 1.61. The standard InChI is InChI=1S/C20H13Cl3N2O6S3/c21-11-4-1-2-7-15(11)33(27,28)16-9-24-13-5-3-6-14(19(13)16)31-10-17(26)25-34(29,30)18-8-12(22)20(23)32-18/h1-9,24H,10H2,(H,25,26). The first-order valence-electron chi connectivity index (χ1n) is 9.23. The van der Waals surface area contributed by atoms with Crippen molar-refractivity contribution in [3.05, 3.63) is 69.1 Å². The molecule has 0 spiro atoms. The van der Waals surface area contributed by atoms with Gasteiger partial charge in [0.15, 0.2) is 6.61 Å². The fraction of sp³-hybridized carbons (Fsp3) is 0.0500. The number of carbonyl (C=O) groups is 1. The molecule has 0 saturated heterocycles. The van der Waals surface area contributed by atoms with Gasteiger partial charge < -0.3 is 9.72 Å². The third-order valence-corrected chi connectivity index (χ3v) is 10.5. The highest BCUT2D eigenvalue weighted by atomic mass is 35.5. The molecule has 4 rings (SSSR count). The maximum atomic E-state index is 13.3. The van der Waals surface area contributed by atoms with E-state index in [0.717, 1.165) is 6.07 Å². The number of fused-ring (bicyclic) bond motifs is 1. The number of aromatic amines is 1. The molecule has 0 aliphatic carbocycles. The molecule has 0 aliphatic rings.